The fourth-order valence-electron chi connectivity index (χ4n) is 3.94. The lowest BCUT2D eigenvalue weighted by Gasteiger charge is -2.30. The molecule has 1 aliphatic carbocycles. The van der Waals surface area contributed by atoms with Crippen molar-refractivity contribution in [2.75, 3.05) is 5.32 Å². The molecular weight excluding hydrogens is 428 g/mol. The Labute approximate surface area is 190 Å². The number of ketones is 1. The van der Waals surface area contributed by atoms with E-state index in [9.17, 15) is 4.79 Å². The Bertz CT molecular complexity index is 1190. The van der Waals surface area contributed by atoms with E-state index in [0.717, 1.165) is 40.3 Å². The minimum absolute atomic E-state index is 0.183. The van der Waals surface area contributed by atoms with Gasteiger partial charge >= 0.3 is 0 Å². The molecule has 1 aliphatic heterocycles. The molecule has 0 saturated carbocycles. The number of nitrogens with zero attached hydrogens (tertiary/aromatic N) is 3. The molecular formula is C24H21ClN4OS. The summed E-state index contributed by atoms with van der Waals surface area (Å²) in [6, 6.07) is 17.6. The van der Waals surface area contributed by atoms with Gasteiger partial charge in [0.15, 0.2) is 5.78 Å². The molecule has 0 spiro atoms. The minimum Gasteiger partial charge on any atom is -0.328 e. The third-order valence-electron chi connectivity index (χ3n) is 5.48. The highest BCUT2D eigenvalue weighted by Crippen LogP contribution is 2.38. The van der Waals surface area contributed by atoms with Crippen molar-refractivity contribution in [2.45, 2.75) is 36.2 Å². The van der Waals surface area contributed by atoms with Crippen LogP contribution in [0.5, 0.6) is 0 Å². The van der Waals surface area contributed by atoms with Gasteiger partial charge in [-0.05, 0) is 30.0 Å². The maximum Gasteiger partial charge on any atom is 0.227 e. The van der Waals surface area contributed by atoms with Crippen molar-refractivity contribution in [3.8, 4) is 0 Å². The molecule has 5 nitrogen and oxygen atoms in total. The van der Waals surface area contributed by atoms with E-state index in [4.69, 9.17) is 21.7 Å². The number of nitrogens with one attached hydrogen (secondary N) is 1. The molecule has 1 atom stereocenters. The van der Waals surface area contributed by atoms with Crippen LogP contribution in [0, 0.1) is 0 Å². The molecule has 2 aliphatic rings. The molecule has 3 aromatic rings. The minimum atomic E-state index is -0.263. The number of benzene rings is 2. The number of Topliss-reactive ketones (excluding diaryl/α,β-unsaturated/α-hetero) is 1. The Morgan fingerprint density at radius 1 is 1.13 bits per heavy atom. The summed E-state index contributed by atoms with van der Waals surface area (Å²) in [5.74, 6) is 1.54. The van der Waals surface area contributed by atoms with Gasteiger partial charge in [0.2, 0.25) is 11.1 Å². The SMILES string of the molecule is O=C1CCCC2=C1C(/C=C/c1ccccc1)n1nc(SCc3ccccc3Cl)nc1N2. The second-order valence-corrected chi connectivity index (χ2v) is 8.90. The number of rotatable bonds is 5. The average molecular weight is 449 g/mol. The van der Waals surface area contributed by atoms with Crippen molar-refractivity contribution in [1.82, 2.24) is 14.8 Å². The molecule has 0 fully saturated rings. The van der Waals surface area contributed by atoms with Gasteiger partial charge < -0.3 is 5.32 Å². The first-order valence-corrected chi connectivity index (χ1v) is 11.6. The highest BCUT2D eigenvalue weighted by molar-refractivity contribution is 7.98. The van der Waals surface area contributed by atoms with Crippen LogP contribution < -0.4 is 5.32 Å². The Morgan fingerprint density at radius 2 is 1.94 bits per heavy atom. The fourth-order valence-corrected chi connectivity index (χ4v) is 5.05. The monoisotopic (exact) mass is 448 g/mol. The van der Waals surface area contributed by atoms with E-state index >= 15 is 0 Å². The third-order valence-corrected chi connectivity index (χ3v) is 6.73. The second kappa shape index (κ2) is 8.73. The van der Waals surface area contributed by atoms with Crippen LogP contribution in [0.25, 0.3) is 6.08 Å². The topological polar surface area (TPSA) is 59.8 Å². The molecule has 31 heavy (non-hydrogen) atoms. The van der Waals surface area contributed by atoms with Crippen LogP contribution in [-0.2, 0) is 10.5 Å². The van der Waals surface area contributed by atoms with E-state index in [1.54, 1.807) is 0 Å². The Balaban J connectivity index is 1.46. The molecule has 156 valence electrons. The molecule has 1 N–H and O–H groups in total. The predicted octanol–water partition coefficient (Wildman–Crippen LogP) is 5.91. The molecule has 7 heteroatoms. The van der Waals surface area contributed by atoms with Crippen LogP contribution in [-0.4, -0.2) is 20.5 Å². The quantitative estimate of drug-likeness (QED) is 0.491. The summed E-state index contributed by atoms with van der Waals surface area (Å²) in [7, 11) is 0. The van der Waals surface area contributed by atoms with Crippen molar-refractivity contribution in [3.05, 3.63) is 88.1 Å². The number of carbonyl (C=O) groups is 1. The van der Waals surface area contributed by atoms with Crippen molar-refractivity contribution in [1.29, 1.82) is 0 Å². The van der Waals surface area contributed by atoms with Crippen LogP contribution in [0.2, 0.25) is 5.02 Å². The molecule has 1 aromatic heterocycles. The summed E-state index contributed by atoms with van der Waals surface area (Å²) in [4.78, 5) is 17.5. The van der Waals surface area contributed by atoms with E-state index in [1.807, 2.05) is 65.4 Å². The average Bonchev–Trinajstić information content (AvgIpc) is 3.20. The number of hydrogen-bond acceptors (Lipinski definition) is 5. The number of fused-ring (bicyclic) bond motifs is 1. The van der Waals surface area contributed by atoms with Crippen LogP contribution in [0.3, 0.4) is 0 Å². The zero-order valence-electron chi connectivity index (χ0n) is 16.8. The molecule has 0 amide bonds. The summed E-state index contributed by atoms with van der Waals surface area (Å²) in [5.41, 5.74) is 3.91. The Kier molecular flexibility index (Phi) is 5.66. The zero-order valence-corrected chi connectivity index (χ0v) is 18.4. The van der Waals surface area contributed by atoms with E-state index in [1.165, 1.54) is 11.8 Å². The van der Waals surface area contributed by atoms with Crippen LogP contribution >= 0.6 is 23.4 Å². The number of thioether (sulfide) groups is 1. The second-order valence-electron chi connectivity index (χ2n) is 7.55. The van der Waals surface area contributed by atoms with Gasteiger partial charge in [0.1, 0.15) is 6.04 Å². The van der Waals surface area contributed by atoms with Gasteiger partial charge in [-0.25, -0.2) is 4.68 Å². The first-order valence-electron chi connectivity index (χ1n) is 10.3. The van der Waals surface area contributed by atoms with E-state index in [2.05, 4.69) is 11.4 Å². The number of allylic oxidation sites excluding steroid dienone is 3. The number of aromatic nitrogens is 3. The summed E-state index contributed by atoms with van der Waals surface area (Å²) in [6.45, 7) is 0. The van der Waals surface area contributed by atoms with Crippen molar-refractivity contribution in [3.63, 3.8) is 0 Å². The predicted molar refractivity (Wildman–Crippen MR) is 125 cm³/mol. The highest BCUT2D eigenvalue weighted by atomic mass is 35.5. The summed E-state index contributed by atoms with van der Waals surface area (Å²) < 4.78 is 1.83. The first kappa shape index (κ1) is 20.1. The zero-order chi connectivity index (χ0) is 21.2. The van der Waals surface area contributed by atoms with Crippen LogP contribution in [0.4, 0.5) is 5.95 Å². The number of anilines is 1. The number of halogens is 1. The van der Waals surface area contributed by atoms with E-state index < -0.39 is 0 Å². The highest BCUT2D eigenvalue weighted by Gasteiger charge is 2.34. The van der Waals surface area contributed by atoms with Gasteiger partial charge in [-0.15, -0.1) is 5.10 Å². The lowest BCUT2D eigenvalue weighted by Crippen LogP contribution is -2.30. The smallest absolute Gasteiger partial charge is 0.227 e. The maximum absolute atomic E-state index is 12.8. The molecule has 0 bridgehead atoms. The van der Waals surface area contributed by atoms with E-state index in [0.29, 0.717) is 23.3 Å². The van der Waals surface area contributed by atoms with Gasteiger partial charge in [0.25, 0.3) is 0 Å². The molecule has 0 radical (unpaired) electrons. The molecule has 2 heterocycles. The van der Waals surface area contributed by atoms with Crippen LogP contribution in [0.15, 0.2) is 77.1 Å². The summed E-state index contributed by atoms with van der Waals surface area (Å²) >= 11 is 7.82. The molecule has 2 aromatic carbocycles. The Hall–Kier alpha value is -2.83. The third kappa shape index (κ3) is 4.18. The lowest BCUT2D eigenvalue weighted by atomic mass is 9.88. The normalized spacial score (nSPS) is 18.1. The fraction of sp³-hybridized carbons (Fsp3) is 0.208. The van der Waals surface area contributed by atoms with Crippen molar-refractivity contribution >= 4 is 41.2 Å². The van der Waals surface area contributed by atoms with Gasteiger partial charge in [-0.3, -0.25) is 4.79 Å². The molecule has 0 saturated heterocycles. The Morgan fingerprint density at radius 3 is 2.77 bits per heavy atom. The molecule has 5 rings (SSSR count). The van der Waals surface area contributed by atoms with Crippen LogP contribution in [0.1, 0.15) is 36.4 Å². The van der Waals surface area contributed by atoms with Crippen molar-refractivity contribution in [2.24, 2.45) is 0 Å². The lowest BCUT2D eigenvalue weighted by molar-refractivity contribution is -0.116. The van der Waals surface area contributed by atoms with Gasteiger partial charge in [-0.2, -0.15) is 4.98 Å². The van der Waals surface area contributed by atoms with E-state index in [-0.39, 0.29) is 11.8 Å². The number of hydrogen-bond donors (Lipinski definition) is 1. The molecule has 1 unspecified atom stereocenters. The summed E-state index contributed by atoms with van der Waals surface area (Å²) in [6.07, 6.45) is 6.39. The largest absolute Gasteiger partial charge is 0.328 e. The van der Waals surface area contributed by atoms with Gasteiger partial charge in [0.05, 0.1) is 0 Å². The van der Waals surface area contributed by atoms with Gasteiger partial charge in [0, 0.05) is 28.5 Å². The number of carbonyl (C=O) groups excluding carboxylic acids is 1. The first-order chi connectivity index (χ1) is 15.2. The summed E-state index contributed by atoms with van der Waals surface area (Å²) in [5, 5.41) is 9.50. The van der Waals surface area contributed by atoms with Gasteiger partial charge in [-0.1, -0.05) is 84.0 Å². The maximum atomic E-state index is 12.8. The standard InChI is InChI=1S/C24H21ClN4OS/c25-18-10-5-4-9-17(18)15-31-24-27-23-26-19-11-6-12-21(30)22(19)20(29(23)28-24)14-13-16-7-2-1-3-8-16/h1-5,7-10,13-14,20H,6,11-12,15H2,(H,26,27,28)/b14-13+. The van der Waals surface area contributed by atoms with Crippen molar-refractivity contribution < 1.29 is 4.79 Å².